The summed E-state index contributed by atoms with van der Waals surface area (Å²) in [4.78, 5) is 20.4. The largest absolute Gasteiger partial charge is 0.347 e. The SMILES string of the molecule is CN(C)C(=O)CNC(=NCc1ccccc1)N1CCCCC1. The molecule has 1 aliphatic heterocycles. The Morgan fingerprint density at radius 3 is 2.50 bits per heavy atom. The molecule has 1 aromatic rings. The van der Waals surface area contributed by atoms with Gasteiger partial charge in [-0.15, -0.1) is 0 Å². The van der Waals surface area contributed by atoms with Gasteiger partial charge in [-0.3, -0.25) is 4.79 Å². The molecule has 120 valence electrons. The topological polar surface area (TPSA) is 47.9 Å². The Hall–Kier alpha value is -2.04. The number of guanidine groups is 1. The highest BCUT2D eigenvalue weighted by Crippen LogP contribution is 2.09. The van der Waals surface area contributed by atoms with E-state index in [2.05, 4.69) is 22.3 Å². The first-order valence-electron chi connectivity index (χ1n) is 7.94. The lowest BCUT2D eigenvalue weighted by Gasteiger charge is -2.30. The third-order valence-corrected chi connectivity index (χ3v) is 3.81. The molecule has 0 radical (unpaired) electrons. The van der Waals surface area contributed by atoms with Crippen LogP contribution in [0.5, 0.6) is 0 Å². The zero-order chi connectivity index (χ0) is 15.8. The molecule has 2 rings (SSSR count). The molecular weight excluding hydrogens is 276 g/mol. The van der Waals surface area contributed by atoms with E-state index < -0.39 is 0 Å². The van der Waals surface area contributed by atoms with Crippen LogP contribution in [0.25, 0.3) is 0 Å². The minimum Gasteiger partial charge on any atom is -0.347 e. The van der Waals surface area contributed by atoms with Gasteiger partial charge in [0, 0.05) is 27.2 Å². The van der Waals surface area contributed by atoms with Crippen molar-refractivity contribution in [1.29, 1.82) is 0 Å². The highest BCUT2D eigenvalue weighted by Gasteiger charge is 2.15. The molecule has 0 spiro atoms. The fourth-order valence-electron chi connectivity index (χ4n) is 2.44. The molecule has 1 saturated heterocycles. The Morgan fingerprint density at radius 2 is 1.86 bits per heavy atom. The lowest BCUT2D eigenvalue weighted by atomic mass is 10.1. The van der Waals surface area contributed by atoms with Crippen LogP contribution in [-0.2, 0) is 11.3 Å². The monoisotopic (exact) mass is 302 g/mol. The summed E-state index contributed by atoms with van der Waals surface area (Å²) in [5.41, 5.74) is 1.18. The zero-order valence-corrected chi connectivity index (χ0v) is 13.6. The number of piperidine rings is 1. The van der Waals surface area contributed by atoms with Gasteiger partial charge in [0.25, 0.3) is 0 Å². The van der Waals surface area contributed by atoms with Crippen LogP contribution in [0.3, 0.4) is 0 Å². The van der Waals surface area contributed by atoms with E-state index in [9.17, 15) is 4.79 Å². The van der Waals surface area contributed by atoms with Crippen molar-refractivity contribution in [2.24, 2.45) is 4.99 Å². The quantitative estimate of drug-likeness (QED) is 0.680. The minimum absolute atomic E-state index is 0.0596. The van der Waals surface area contributed by atoms with Gasteiger partial charge in [-0.25, -0.2) is 4.99 Å². The van der Waals surface area contributed by atoms with Crippen molar-refractivity contribution in [3.8, 4) is 0 Å². The van der Waals surface area contributed by atoms with Crippen LogP contribution < -0.4 is 5.32 Å². The highest BCUT2D eigenvalue weighted by atomic mass is 16.2. The third-order valence-electron chi connectivity index (χ3n) is 3.81. The minimum atomic E-state index is 0.0596. The van der Waals surface area contributed by atoms with Crippen molar-refractivity contribution in [3.05, 3.63) is 35.9 Å². The zero-order valence-electron chi connectivity index (χ0n) is 13.6. The molecular formula is C17H26N4O. The summed E-state index contributed by atoms with van der Waals surface area (Å²) in [6, 6.07) is 10.2. The Bertz CT molecular complexity index is 493. The molecule has 5 nitrogen and oxygen atoms in total. The molecule has 1 N–H and O–H groups in total. The van der Waals surface area contributed by atoms with Crippen molar-refractivity contribution in [2.45, 2.75) is 25.8 Å². The number of likely N-dealkylation sites (tertiary alicyclic amines) is 1. The molecule has 0 aliphatic carbocycles. The molecule has 1 amide bonds. The number of rotatable bonds is 4. The van der Waals surface area contributed by atoms with Gasteiger partial charge in [-0.2, -0.15) is 0 Å². The van der Waals surface area contributed by atoms with Crippen LogP contribution in [0.15, 0.2) is 35.3 Å². The predicted octanol–water partition coefficient (Wildman–Crippen LogP) is 1.71. The number of aliphatic imine (C=N–C) groups is 1. The highest BCUT2D eigenvalue weighted by molar-refractivity contribution is 5.86. The summed E-state index contributed by atoms with van der Waals surface area (Å²) >= 11 is 0. The van der Waals surface area contributed by atoms with E-state index in [-0.39, 0.29) is 12.5 Å². The number of hydrogen-bond donors (Lipinski definition) is 1. The van der Waals surface area contributed by atoms with Gasteiger partial charge in [0.1, 0.15) is 0 Å². The molecule has 0 bridgehead atoms. The summed E-state index contributed by atoms with van der Waals surface area (Å²) in [6.45, 7) is 2.94. The number of amides is 1. The lowest BCUT2D eigenvalue weighted by molar-refractivity contribution is -0.127. The second kappa shape index (κ2) is 8.41. The molecule has 22 heavy (non-hydrogen) atoms. The van der Waals surface area contributed by atoms with E-state index in [0.29, 0.717) is 6.54 Å². The number of carbonyl (C=O) groups excluding carboxylic acids is 1. The Labute approximate surface area is 133 Å². The fraction of sp³-hybridized carbons (Fsp3) is 0.529. The van der Waals surface area contributed by atoms with Crippen LogP contribution in [0.1, 0.15) is 24.8 Å². The van der Waals surface area contributed by atoms with Crippen molar-refractivity contribution in [3.63, 3.8) is 0 Å². The molecule has 1 fully saturated rings. The molecule has 0 atom stereocenters. The van der Waals surface area contributed by atoms with Gasteiger partial charge in [0.15, 0.2) is 5.96 Å². The van der Waals surface area contributed by atoms with E-state index in [1.165, 1.54) is 24.8 Å². The summed E-state index contributed by atoms with van der Waals surface area (Å²) in [7, 11) is 3.54. The van der Waals surface area contributed by atoms with Gasteiger partial charge in [0.2, 0.25) is 5.91 Å². The van der Waals surface area contributed by atoms with Crippen LogP contribution in [0, 0.1) is 0 Å². The maximum atomic E-state index is 11.8. The summed E-state index contributed by atoms with van der Waals surface area (Å²) < 4.78 is 0. The van der Waals surface area contributed by atoms with E-state index in [0.717, 1.165) is 19.0 Å². The van der Waals surface area contributed by atoms with Crippen molar-refractivity contribution < 1.29 is 4.79 Å². The molecule has 1 heterocycles. The Kier molecular flexibility index (Phi) is 6.25. The molecule has 5 heteroatoms. The lowest BCUT2D eigenvalue weighted by Crippen LogP contribution is -2.47. The third kappa shape index (κ3) is 5.06. The van der Waals surface area contributed by atoms with Crippen molar-refractivity contribution in [2.75, 3.05) is 33.7 Å². The second-order valence-electron chi connectivity index (χ2n) is 5.81. The summed E-state index contributed by atoms with van der Waals surface area (Å²) in [5, 5.41) is 3.23. The van der Waals surface area contributed by atoms with Gasteiger partial charge >= 0.3 is 0 Å². The first kappa shape index (κ1) is 16.3. The Morgan fingerprint density at radius 1 is 1.18 bits per heavy atom. The standard InChI is InChI=1S/C17H26N4O/c1-20(2)16(22)14-19-17(21-11-7-4-8-12-21)18-13-15-9-5-3-6-10-15/h3,5-6,9-10H,4,7-8,11-14H2,1-2H3,(H,18,19). The van der Waals surface area contributed by atoms with Gasteiger partial charge < -0.3 is 15.1 Å². The number of nitrogens with one attached hydrogen (secondary N) is 1. The fourth-order valence-corrected chi connectivity index (χ4v) is 2.44. The number of benzene rings is 1. The average Bonchev–Trinajstić information content (AvgIpc) is 2.56. The predicted molar refractivity (Wildman–Crippen MR) is 89.7 cm³/mol. The maximum Gasteiger partial charge on any atom is 0.241 e. The second-order valence-corrected chi connectivity index (χ2v) is 5.81. The number of nitrogens with zero attached hydrogens (tertiary/aromatic N) is 3. The van der Waals surface area contributed by atoms with Crippen molar-refractivity contribution >= 4 is 11.9 Å². The van der Waals surface area contributed by atoms with Crippen LogP contribution >= 0.6 is 0 Å². The van der Waals surface area contributed by atoms with Crippen molar-refractivity contribution in [1.82, 2.24) is 15.1 Å². The normalized spacial score (nSPS) is 15.5. The number of likely N-dealkylation sites (N-methyl/N-ethyl adjacent to an activating group) is 1. The summed E-state index contributed by atoms with van der Waals surface area (Å²) in [5.74, 6) is 0.906. The average molecular weight is 302 g/mol. The first-order valence-corrected chi connectivity index (χ1v) is 7.94. The first-order chi connectivity index (χ1) is 10.7. The van der Waals surface area contributed by atoms with Crippen LogP contribution in [0.2, 0.25) is 0 Å². The molecule has 1 aromatic carbocycles. The number of hydrogen-bond acceptors (Lipinski definition) is 2. The summed E-state index contributed by atoms with van der Waals surface area (Å²) in [6.07, 6.45) is 3.65. The molecule has 0 aromatic heterocycles. The van der Waals surface area contributed by atoms with E-state index in [1.54, 1.807) is 19.0 Å². The van der Waals surface area contributed by atoms with Gasteiger partial charge in [-0.05, 0) is 24.8 Å². The maximum absolute atomic E-state index is 11.8. The van der Waals surface area contributed by atoms with E-state index in [1.807, 2.05) is 18.2 Å². The van der Waals surface area contributed by atoms with Gasteiger partial charge in [-0.1, -0.05) is 30.3 Å². The van der Waals surface area contributed by atoms with E-state index in [4.69, 9.17) is 4.99 Å². The molecule has 0 saturated carbocycles. The Balaban J connectivity index is 2.01. The van der Waals surface area contributed by atoms with E-state index >= 15 is 0 Å². The van der Waals surface area contributed by atoms with Gasteiger partial charge in [0.05, 0.1) is 13.1 Å². The smallest absolute Gasteiger partial charge is 0.241 e. The number of carbonyl (C=O) groups is 1. The van der Waals surface area contributed by atoms with Crippen LogP contribution in [-0.4, -0.2) is 55.4 Å². The molecule has 1 aliphatic rings. The van der Waals surface area contributed by atoms with Crippen LogP contribution in [0.4, 0.5) is 0 Å². The molecule has 0 unspecified atom stereocenters.